The summed E-state index contributed by atoms with van der Waals surface area (Å²) < 4.78 is 5.81. The van der Waals surface area contributed by atoms with E-state index in [0.717, 1.165) is 30.4 Å². The fourth-order valence-electron chi connectivity index (χ4n) is 2.04. The van der Waals surface area contributed by atoms with Crippen molar-refractivity contribution < 1.29 is 4.74 Å². The highest BCUT2D eigenvalue weighted by atomic mass is 16.5. The molecule has 2 nitrogen and oxygen atoms in total. The average Bonchev–Trinajstić information content (AvgIpc) is 3.13. The highest BCUT2D eigenvalue weighted by molar-refractivity contribution is 5.58. The molecule has 1 aromatic carbocycles. The summed E-state index contributed by atoms with van der Waals surface area (Å²) in [5.74, 6) is 1.86. The second-order valence-corrected chi connectivity index (χ2v) is 5.12. The van der Waals surface area contributed by atoms with Crippen LogP contribution in [0.3, 0.4) is 0 Å². The molecule has 94 valence electrons. The predicted octanol–water partition coefficient (Wildman–Crippen LogP) is 3.99. The average molecular weight is 233 g/mol. The molecule has 0 bridgehead atoms. The van der Waals surface area contributed by atoms with Gasteiger partial charge in [-0.3, -0.25) is 0 Å². The molecule has 0 aromatic heterocycles. The van der Waals surface area contributed by atoms with Gasteiger partial charge in [-0.25, -0.2) is 0 Å². The first kappa shape index (κ1) is 12.3. The van der Waals surface area contributed by atoms with Crippen molar-refractivity contribution in [2.45, 2.75) is 46.1 Å². The Morgan fingerprint density at radius 2 is 2.18 bits per heavy atom. The van der Waals surface area contributed by atoms with Crippen LogP contribution in [0.1, 0.15) is 38.7 Å². The lowest BCUT2D eigenvalue weighted by Crippen LogP contribution is -2.18. The van der Waals surface area contributed by atoms with Gasteiger partial charge in [0.1, 0.15) is 5.75 Å². The van der Waals surface area contributed by atoms with Crippen molar-refractivity contribution in [1.29, 1.82) is 0 Å². The van der Waals surface area contributed by atoms with E-state index in [0.29, 0.717) is 6.04 Å². The van der Waals surface area contributed by atoms with Gasteiger partial charge in [0.05, 0.1) is 12.3 Å². The second kappa shape index (κ2) is 5.44. The molecule has 1 aliphatic carbocycles. The summed E-state index contributed by atoms with van der Waals surface area (Å²) in [5, 5.41) is 3.58. The van der Waals surface area contributed by atoms with Crippen LogP contribution in [0.25, 0.3) is 0 Å². The molecule has 1 aromatic rings. The number of anilines is 1. The van der Waals surface area contributed by atoms with Crippen LogP contribution in [-0.2, 0) is 0 Å². The Kier molecular flexibility index (Phi) is 3.93. The van der Waals surface area contributed by atoms with Crippen LogP contribution in [0.5, 0.6) is 5.75 Å². The maximum Gasteiger partial charge on any atom is 0.142 e. The Balaban J connectivity index is 2.07. The van der Waals surface area contributed by atoms with E-state index in [9.17, 15) is 0 Å². The van der Waals surface area contributed by atoms with Gasteiger partial charge in [-0.1, -0.05) is 13.0 Å². The first-order valence-electron chi connectivity index (χ1n) is 6.70. The topological polar surface area (TPSA) is 21.3 Å². The summed E-state index contributed by atoms with van der Waals surface area (Å²) in [7, 11) is 0. The molecule has 0 radical (unpaired) electrons. The lowest BCUT2D eigenvalue weighted by molar-refractivity contribution is 0.318. The predicted molar refractivity (Wildman–Crippen MR) is 72.8 cm³/mol. The van der Waals surface area contributed by atoms with Crippen molar-refractivity contribution in [1.82, 2.24) is 0 Å². The summed E-state index contributed by atoms with van der Waals surface area (Å²) in [6, 6.07) is 6.96. The van der Waals surface area contributed by atoms with Crippen LogP contribution in [0.15, 0.2) is 18.2 Å². The van der Waals surface area contributed by atoms with E-state index >= 15 is 0 Å². The molecule has 2 rings (SSSR count). The van der Waals surface area contributed by atoms with Crippen LogP contribution in [0.4, 0.5) is 5.69 Å². The zero-order chi connectivity index (χ0) is 12.3. The smallest absolute Gasteiger partial charge is 0.142 e. The normalized spacial score (nSPS) is 16.6. The summed E-state index contributed by atoms with van der Waals surface area (Å²) in [6.07, 6.45) is 3.78. The Labute approximate surface area is 104 Å². The number of benzene rings is 1. The molecule has 0 spiro atoms. The van der Waals surface area contributed by atoms with E-state index < -0.39 is 0 Å². The molecule has 2 heteroatoms. The van der Waals surface area contributed by atoms with Gasteiger partial charge in [0, 0.05) is 6.04 Å². The molecule has 0 saturated heterocycles. The van der Waals surface area contributed by atoms with E-state index in [4.69, 9.17) is 4.74 Å². The third-order valence-electron chi connectivity index (χ3n) is 3.31. The van der Waals surface area contributed by atoms with Gasteiger partial charge in [0.2, 0.25) is 0 Å². The van der Waals surface area contributed by atoms with Crippen LogP contribution < -0.4 is 10.1 Å². The van der Waals surface area contributed by atoms with Crippen molar-refractivity contribution in [2.24, 2.45) is 5.92 Å². The van der Waals surface area contributed by atoms with Gasteiger partial charge in [-0.05, 0) is 56.7 Å². The number of ether oxygens (including phenoxy) is 1. The van der Waals surface area contributed by atoms with E-state index in [1.54, 1.807) is 0 Å². The Hall–Kier alpha value is -1.18. The van der Waals surface area contributed by atoms with Gasteiger partial charge in [0.25, 0.3) is 0 Å². The Morgan fingerprint density at radius 3 is 2.82 bits per heavy atom. The van der Waals surface area contributed by atoms with E-state index in [1.165, 1.54) is 18.4 Å². The van der Waals surface area contributed by atoms with Gasteiger partial charge in [-0.2, -0.15) is 0 Å². The number of aryl methyl sites for hydroxylation is 1. The number of nitrogens with one attached hydrogen (secondary N) is 1. The standard InChI is InChI=1S/C15H23NO/c1-4-9-17-15-10-11(2)5-8-14(15)16-12(3)13-6-7-13/h5,8,10,12-13,16H,4,6-7,9H2,1-3H3. The molecule has 1 aliphatic rings. The van der Waals surface area contributed by atoms with Crippen molar-refractivity contribution in [3.8, 4) is 5.75 Å². The number of rotatable bonds is 6. The van der Waals surface area contributed by atoms with Gasteiger partial charge in [0.15, 0.2) is 0 Å². The quantitative estimate of drug-likeness (QED) is 0.802. The molecule has 1 saturated carbocycles. The summed E-state index contributed by atoms with van der Waals surface area (Å²) in [6.45, 7) is 7.29. The molecule has 1 N–H and O–H groups in total. The van der Waals surface area contributed by atoms with Crippen LogP contribution >= 0.6 is 0 Å². The zero-order valence-corrected chi connectivity index (χ0v) is 11.1. The molecule has 1 unspecified atom stereocenters. The highest BCUT2D eigenvalue weighted by Gasteiger charge is 2.28. The van der Waals surface area contributed by atoms with Crippen molar-refractivity contribution in [3.63, 3.8) is 0 Å². The molecule has 0 aliphatic heterocycles. The Morgan fingerprint density at radius 1 is 1.41 bits per heavy atom. The zero-order valence-electron chi connectivity index (χ0n) is 11.1. The summed E-state index contributed by atoms with van der Waals surface area (Å²) in [4.78, 5) is 0. The SMILES string of the molecule is CCCOc1cc(C)ccc1NC(C)C1CC1. The highest BCUT2D eigenvalue weighted by Crippen LogP contribution is 2.36. The van der Waals surface area contributed by atoms with Gasteiger partial charge >= 0.3 is 0 Å². The van der Waals surface area contributed by atoms with Crippen molar-refractivity contribution in [3.05, 3.63) is 23.8 Å². The molecular formula is C15H23NO. The minimum Gasteiger partial charge on any atom is -0.491 e. The van der Waals surface area contributed by atoms with Crippen LogP contribution in [0.2, 0.25) is 0 Å². The fraction of sp³-hybridized carbons (Fsp3) is 0.600. The minimum atomic E-state index is 0.557. The molecule has 1 atom stereocenters. The van der Waals surface area contributed by atoms with Crippen LogP contribution in [-0.4, -0.2) is 12.6 Å². The van der Waals surface area contributed by atoms with Crippen molar-refractivity contribution in [2.75, 3.05) is 11.9 Å². The maximum atomic E-state index is 5.81. The molecule has 17 heavy (non-hydrogen) atoms. The molecule has 0 amide bonds. The summed E-state index contributed by atoms with van der Waals surface area (Å²) in [5.41, 5.74) is 2.39. The molecule has 1 fully saturated rings. The number of hydrogen-bond donors (Lipinski definition) is 1. The van der Waals surface area contributed by atoms with Crippen LogP contribution in [0, 0.1) is 12.8 Å². The van der Waals surface area contributed by atoms with Gasteiger partial charge in [-0.15, -0.1) is 0 Å². The van der Waals surface area contributed by atoms with Gasteiger partial charge < -0.3 is 10.1 Å². The monoisotopic (exact) mass is 233 g/mol. The van der Waals surface area contributed by atoms with Crippen molar-refractivity contribution >= 4 is 5.69 Å². The first-order chi connectivity index (χ1) is 8.20. The number of hydrogen-bond acceptors (Lipinski definition) is 2. The van der Waals surface area contributed by atoms with E-state index in [1.807, 2.05) is 0 Å². The lowest BCUT2D eigenvalue weighted by atomic mass is 10.1. The summed E-state index contributed by atoms with van der Waals surface area (Å²) >= 11 is 0. The minimum absolute atomic E-state index is 0.557. The van der Waals surface area contributed by atoms with E-state index in [-0.39, 0.29) is 0 Å². The molecule has 0 heterocycles. The first-order valence-corrected chi connectivity index (χ1v) is 6.70. The third-order valence-corrected chi connectivity index (χ3v) is 3.31. The fourth-order valence-corrected chi connectivity index (χ4v) is 2.04. The maximum absolute atomic E-state index is 5.81. The molecular weight excluding hydrogens is 210 g/mol. The lowest BCUT2D eigenvalue weighted by Gasteiger charge is -2.18. The third kappa shape index (κ3) is 3.39. The van der Waals surface area contributed by atoms with E-state index in [2.05, 4.69) is 44.3 Å². The second-order valence-electron chi connectivity index (χ2n) is 5.12. The Bertz CT molecular complexity index is 371. The largest absolute Gasteiger partial charge is 0.491 e.